The molecular formula is C70H48N2O. The van der Waals surface area contributed by atoms with Crippen molar-refractivity contribution in [2.45, 2.75) is 24.7 Å². The maximum Gasteiger partial charge on any atom is 0.143 e. The van der Waals surface area contributed by atoms with Gasteiger partial charge >= 0.3 is 0 Å². The summed E-state index contributed by atoms with van der Waals surface area (Å²) in [5.41, 5.74) is 25.1. The molecule has 1 aliphatic carbocycles. The fourth-order valence-corrected chi connectivity index (χ4v) is 13.1. The number of para-hydroxylation sites is 5. The Balaban J connectivity index is 0.959. The summed E-state index contributed by atoms with van der Waals surface area (Å²) in [6.45, 7) is 4.75. The maximum absolute atomic E-state index is 6.77. The average Bonchev–Trinajstić information content (AvgIpc) is 4.00. The lowest BCUT2D eigenvalue weighted by Crippen LogP contribution is -2.42. The van der Waals surface area contributed by atoms with E-state index in [1.807, 2.05) is 0 Å². The molecular weight excluding hydrogens is 885 g/mol. The Labute approximate surface area is 425 Å². The summed E-state index contributed by atoms with van der Waals surface area (Å²) >= 11 is 0. The SMILES string of the molecule is CC1(C)c2ccccc2-c2cccc(-c3ccc(N4c5ccccc5C5(c6ccccc6N(c6ccc(-c7ccccc7)cc6)c6ccccc65)c5cc(-c6cccc7c6oc6ccccc67)ccc54)cc3)c21. The lowest BCUT2D eigenvalue weighted by atomic mass is 9.60. The fraction of sp³-hybridized carbons (Fsp3) is 0.0571. The summed E-state index contributed by atoms with van der Waals surface area (Å²) in [6, 6.07) is 94.1. The van der Waals surface area contributed by atoms with E-state index in [0.29, 0.717) is 0 Å². The van der Waals surface area contributed by atoms with Crippen molar-refractivity contribution in [3.8, 4) is 44.5 Å². The van der Waals surface area contributed by atoms with E-state index >= 15 is 0 Å². The summed E-state index contributed by atoms with van der Waals surface area (Å²) in [5, 5.41) is 2.24. The minimum atomic E-state index is -0.723. The van der Waals surface area contributed by atoms with Crippen LogP contribution < -0.4 is 9.80 Å². The van der Waals surface area contributed by atoms with Gasteiger partial charge in [-0.05, 0) is 133 Å². The topological polar surface area (TPSA) is 19.6 Å². The van der Waals surface area contributed by atoms with Crippen LogP contribution >= 0.6 is 0 Å². The molecule has 3 heterocycles. The van der Waals surface area contributed by atoms with Crippen molar-refractivity contribution < 1.29 is 4.42 Å². The number of benzene rings is 11. The van der Waals surface area contributed by atoms with Crippen LogP contribution in [0.25, 0.3) is 66.4 Å². The van der Waals surface area contributed by atoms with Crippen molar-refractivity contribution in [3.05, 3.63) is 288 Å². The van der Waals surface area contributed by atoms with Crippen LogP contribution in [-0.4, -0.2) is 0 Å². The molecule has 3 heteroatoms. The molecule has 3 aliphatic rings. The van der Waals surface area contributed by atoms with E-state index < -0.39 is 5.41 Å². The Hall–Kier alpha value is -9.18. The molecule has 344 valence electrons. The predicted octanol–water partition coefficient (Wildman–Crippen LogP) is 18.8. The molecule has 12 aromatic rings. The first kappa shape index (κ1) is 41.6. The molecule has 0 saturated heterocycles. The first-order valence-electron chi connectivity index (χ1n) is 25.4. The van der Waals surface area contributed by atoms with Gasteiger partial charge in [-0.15, -0.1) is 0 Å². The van der Waals surface area contributed by atoms with E-state index in [2.05, 4.69) is 278 Å². The zero-order valence-electron chi connectivity index (χ0n) is 40.6. The van der Waals surface area contributed by atoms with E-state index in [-0.39, 0.29) is 5.41 Å². The molecule has 0 fully saturated rings. The highest BCUT2D eigenvalue weighted by molar-refractivity contribution is 6.10. The van der Waals surface area contributed by atoms with Crippen LogP contribution in [0.15, 0.2) is 259 Å². The van der Waals surface area contributed by atoms with Crippen LogP contribution in [0, 0.1) is 0 Å². The number of fused-ring (bicyclic) bond motifs is 14. The van der Waals surface area contributed by atoms with Crippen LogP contribution in [0.4, 0.5) is 34.1 Å². The number of anilines is 6. The fourth-order valence-electron chi connectivity index (χ4n) is 13.1. The molecule has 0 unspecified atom stereocenters. The third-order valence-electron chi connectivity index (χ3n) is 16.3. The normalized spacial score (nSPS) is 14.3. The monoisotopic (exact) mass is 932 g/mol. The molecule has 1 aromatic heterocycles. The van der Waals surface area contributed by atoms with Crippen molar-refractivity contribution in [2.24, 2.45) is 0 Å². The number of hydrogen-bond donors (Lipinski definition) is 0. The molecule has 0 amide bonds. The number of hydrogen-bond acceptors (Lipinski definition) is 3. The summed E-state index contributed by atoms with van der Waals surface area (Å²) in [5.74, 6) is 0. The van der Waals surface area contributed by atoms with Crippen molar-refractivity contribution in [1.29, 1.82) is 0 Å². The Morgan fingerprint density at radius 1 is 0.315 bits per heavy atom. The van der Waals surface area contributed by atoms with Gasteiger partial charge in [0.1, 0.15) is 11.2 Å². The van der Waals surface area contributed by atoms with E-state index in [1.165, 1.54) is 66.8 Å². The van der Waals surface area contributed by atoms with E-state index in [9.17, 15) is 0 Å². The molecule has 0 N–H and O–H groups in total. The smallest absolute Gasteiger partial charge is 0.143 e. The number of rotatable bonds is 5. The van der Waals surface area contributed by atoms with Crippen LogP contribution in [0.2, 0.25) is 0 Å². The molecule has 1 spiro atoms. The van der Waals surface area contributed by atoms with Gasteiger partial charge in [-0.25, -0.2) is 0 Å². The van der Waals surface area contributed by atoms with E-state index in [1.54, 1.807) is 0 Å². The third kappa shape index (κ3) is 5.88. The van der Waals surface area contributed by atoms with E-state index in [0.717, 1.165) is 67.2 Å². The van der Waals surface area contributed by atoms with Gasteiger partial charge in [0.2, 0.25) is 0 Å². The number of nitrogens with zero attached hydrogens (tertiary/aromatic N) is 2. The number of furan rings is 1. The molecule has 3 nitrogen and oxygen atoms in total. The first-order valence-corrected chi connectivity index (χ1v) is 25.4. The molecule has 73 heavy (non-hydrogen) atoms. The van der Waals surface area contributed by atoms with Gasteiger partial charge in [-0.3, -0.25) is 0 Å². The predicted molar refractivity (Wildman–Crippen MR) is 302 cm³/mol. The summed E-state index contributed by atoms with van der Waals surface area (Å²) in [4.78, 5) is 4.97. The highest BCUT2D eigenvalue weighted by Gasteiger charge is 2.52. The van der Waals surface area contributed by atoms with Gasteiger partial charge in [0.05, 0.1) is 28.2 Å². The second-order valence-corrected chi connectivity index (χ2v) is 20.3. The van der Waals surface area contributed by atoms with Gasteiger partial charge in [0, 0.05) is 33.1 Å². The average molecular weight is 933 g/mol. The lowest BCUT2D eigenvalue weighted by molar-refractivity contribution is 0.662. The second-order valence-electron chi connectivity index (χ2n) is 20.3. The van der Waals surface area contributed by atoms with Crippen LogP contribution in [0.5, 0.6) is 0 Å². The summed E-state index contributed by atoms with van der Waals surface area (Å²) in [6.07, 6.45) is 0. The highest BCUT2D eigenvalue weighted by Crippen LogP contribution is 2.64. The zero-order chi connectivity index (χ0) is 48.4. The van der Waals surface area contributed by atoms with Crippen molar-refractivity contribution in [2.75, 3.05) is 9.80 Å². The maximum atomic E-state index is 6.77. The van der Waals surface area contributed by atoms with Gasteiger partial charge in [0.25, 0.3) is 0 Å². The van der Waals surface area contributed by atoms with Gasteiger partial charge in [-0.2, -0.15) is 0 Å². The molecule has 2 aliphatic heterocycles. The Morgan fingerprint density at radius 2 is 0.781 bits per heavy atom. The van der Waals surface area contributed by atoms with Crippen LogP contribution in [0.3, 0.4) is 0 Å². The zero-order valence-corrected chi connectivity index (χ0v) is 40.6. The molecule has 0 radical (unpaired) electrons. The van der Waals surface area contributed by atoms with Gasteiger partial charge in [-0.1, -0.05) is 208 Å². The molecule has 0 bridgehead atoms. The standard InChI is InChI=1S/C70H48N2O/c1-69(2)57-26-8-6-20-53(57)55-24-16-22-51(67(55)69)47-36-41-50(42-37-47)72-64-32-14-11-29-60(64)70(61-44-48(38-43-65(61)72)52-23-17-25-56-54-21-7-15-33-66(54)73-68(52)56)58-27-9-12-30-62(58)71(63-31-13-10-28-59(63)70)49-39-34-46(35-40-49)45-18-4-3-5-19-45/h3-44H,1-2H3. The minimum absolute atomic E-state index is 0.127. The molecule has 0 saturated carbocycles. The van der Waals surface area contributed by atoms with Crippen molar-refractivity contribution >= 4 is 56.1 Å². The first-order chi connectivity index (χ1) is 36.0. The van der Waals surface area contributed by atoms with Crippen LogP contribution in [-0.2, 0) is 10.8 Å². The van der Waals surface area contributed by atoms with Gasteiger partial charge < -0.3 is 14.2 Å². The minimum Gasteiger partial charge on any atom is -0.455 e. The largest absolute Gasteiger partial charge is 0.455 e. The third-order valence-corrected chi connectivity index (χ3v) is 16.3. The highest BCUT2D eigenvalue weighted by atomic mass is 16.3. The summed E-state index contributed by atoms with van der Waals surface area (Å²) < 4.78 is 6.77. The molecule has 11 aromatic carbocycles. The quantitative estimate of drug-likeness (QED) is 0.171. The summed E-state index contributed by atoms with van der Waals surface area (Å²) in [7, 11) is 0. The molecule has 15 rings (SSSR count). The van der Waals surface area contributed by atoms with E-state index in [4.69, 9.17) is 4.42 Å². The van der Waals surface area contributed by atoms with Gasteiger partial charge in [0.15, 0.2) is 0 Å². The lowest BCUT2D eigenvalue weighted by Gasteiger charge is -2.51. The Kier molecular flexibility index (Phi) is 8.92. The molecule has 0 atom stereocenters. The Morgan fingerprint density at radius 3 is 1.45 bits per heavy atom. The van der Waals surface area contributed by atoms with Crippen molar-refractivity contribution in [1.82, 2.24) is 0 Å². The van der Waals surface area contributed by atoms with Crippen LogP contribution in [0.1, 0.15) is 47.2 Å². The van der Waals surface area contributed by atoms with Crippen molar-refractivity contribution in [3.63, 3.8) is 0 Å². The Bertz CT molecular complexity index is 4130. The second kappa shape index (κ2) is 15.7.